The van der Waals surface area contributed by atoms with Crippen LogP contribution in [0.25, 0.3) is 0 Å². The molecule has 2 amide bonds. The highest BCUT2D eigenvalue weighted by Gasteiger charge is 2.53. The summed E-state index contributed by atoms with van der Waals surface area (Å²) < 4.78 is 61.1. The van der Waals surface area contributed by atoms with Crippen LogP contribution in [0, 0.1) is 0 Å². The molecule has 714 valence electrons. The van der Waals surface area contributed by atoms with Gasteiger partial charge in [-0.25, -0.2) is 0 Å². The summed E-state index contributed by atoms with van der Waals surface area (Å²) in [6.45, 7) is 11.4. The number of phosphoric acid groups is 1. The molecule has 0 saturated carbocycles. The fourth-order valence-electron chi connectivity index (χ4n) is 16.7. The lowest BCUT2D eigenvalue weighted by atomic mass is 9.95. The number of unbranched alkanes of at least 4 members (excludes halogenated alkanes) is 54. The number of rotatable bonds is 84. The van der Waals surface area contributed by atoms with Gasteiger partial charge in [-0.05, 0) is 57.8 Å². The molecule has 0 aromatic carbocycles. The van der Waals surface area contributed by atoms with Crippen molar-refractivity contribution < 1.29 is 101 Å². The topological polar surface area (TPSA) is 378 Å². The minimum absolute atomic E-state index is 0. The maximum atomic E-state index is 15.0. The molecule has 0 aromatic rings. The van der Waals surface area contributed by atoms with E-state index in [2.05, 4.69) is 52.2 Å². The summed E-state index contributed by atoms with van der Waals surface area (Å²) in [6, 6.07) is -3.41. The third-order valence-electron chi connectivity index (χ3n) is 24.1. The Balaban J connectivity index is 0.0000732. The van der Waals surface area contributed by atoms with Crippen LogP contribution in [0.2, 0.25) is 0 Å². The second kappa shape index (κ2) is 78.8. The average Bonchev–Trinajstić information content (AvgIpc) is 0.778. The van der Waals surface area contributed by atoms with Gasteiger partial charge in [-0.2, -0.15) is 0 Å². The number of amides is 2. The fraction of sp³-hybridized carbons (Fsp3) is 0.938. The SMILES string of the molecule is CCCCCCCCCCCCCC(=O)O[C@H](CCCCCCCCCCC)CC(=O)N[C@H]1C(OC(=O)C[C@H](CCCCCCCCCCC)OC(=O)CCCCCCCCCCCCC)[C@H](OP(=O)([O-])O)C(CO)O[C@H]1OCC1O[C@H](O)[C@@H](NC(=O)C[C@@H](CCCCCCCCCCC)OC(=O)CCCCCCCCCCCCC)C(O)[C@@H]1O.[NH4+]. The van der Waals surface area contributed by atoms with Crippen LogP contribution in [-0.4, -0.2) is 154 Å². The lowest BCUT2D eigenvalue weighted by Gasteiger charge is -2.47. The normalized spacial score (nSPS) is 20.4. The molecular formula is C96H184N3O21P. The molecule has 2 aliphatic heterocycles. The molecule has 121 heavy (non-hydrogen) atoms. The highest BCUT2D eigenvalue weighted by atomic mass is 31.2. The maximum absolute atomic E-state index is 15.0. The summed E-state index contributed by atoms with van der Waals surface area (Å²) in [4.78, 5) is 108. The Morgan fingerprint density at radius 2 is 0.628 bits per heavy atom. The zero-order chi connectivity index (χ0) is 87.7. The number of hydrogen-bond donors (Lipinski definition) is 8. The fourth-order valence-corrected chi connectivity index (χ4v) is 17.2. The molecule has 2 fully saturated rings. The number of ether oxygens (including phenoxy) is 7. The minimum Gasteiger partial charge on any atom is -0.756 e. The van der Waals surface area contributed by atoms with Crippen LogP contribution in [0.3, 0.4) is 0 Å². The van der Waals surface area contributed by atoms with Gasteiger partial charge in [-0.3, -0.25) is 33.3 Å². The number of quaternary nitrogens is 1. The summed E-state index contributed by atoms with van der Waals surface area (Å²) in [7, 11) is -5.83. The maximum Gasteiger partial charge on any atom is 0.310 e. The first kappa shape index (κ1) is 116. The van der Waals surface area contributed by atoms with E-state index in [9.17, 15) is 63.5 Å². The molecule has 0 aromatic heterocycles. The summed E-state index contributed by atoms with van der Waals surface area (Å²) in [5.74, 6) is -3.90. The van der Waals surface area contributed by atoms with Crippen LogP contribution >= 0.6 is 7.82 Å². The molecule has 11 N–H and O–H groups in total. The highest BCUT2D eigenvalue weighted by molar-refractivity contribution is 7.44. The molecular weight excluding hydrogens is 1560 g/mol. The largest absolute Gasteiger partial charge is 0.756 e. The number of esters is 4. The molecule has 2 rings (SSSR count). The molecule has 0 radical (unpaired) electrons. The van der Waals surface area contributed by atoms with Gasteiger partial charge in [-0.15, -0.1) is 0 Å². The van der Waals surface area contributed by atoms with Gasteiger partial charge in [0.2, 0.25) is 11.8 Å². The number of carbonyl (C=O) groups excluding carboxylic acids is 6. The summed E-state index contributed by atoms with van der Waals surface area (Å²) in [5, 5.41) is 51.8. The molecule has 14 atom stereocenters. The molecule has 24 nitrogen and oxygen atoms in total. The van der Waals surface area contributed by atoms with E-state index in [1.165, 1.54) is 173 Å². The standard InChI is InChI=1S/C96H181N2O21P.H3N/c1-7-13-19-25-31-37-40-46-52-58-64-70-85(102)113-78(67-61-55-49-43-34-28-22-16-10-4)73-83(100)97-89-92(107)91(106)82(116-95(89)108)77-112-96-90(98-84(101)74-79(68-62-56-50-44-35-29-23-17-11-5)114-86(103)71-65-59-53-47-41-38-32-26-20-14-8-2)94(93(81(76-99)117-96)119-120(109,110)111)118-88(105)75-80(69-63-57-51-45-36-30-24-18-12-6)115-87(104)72-66-60-54-48-42-39-33-27-21-15-9-3;/h78-82,89-96,99,106-108H,7-77H2,1-6H3,(H,97,100)(H,98,101)(H2,109,110,111);1H3/t78-,79-,80+,81?,82?,89+,90+,91-,92?,93-,94?,95+,96-;/m1./s1. The summed E-state index contributed by atoms with van der Waals surface area (Å²) >= 11 is 0. The molecule has 2 aliphatic rings. The van der Waals surface area contributed by atoms with Crippen molar-refractivity contribution >= 4 is 43.5 Å². The van der Waals surface area contributed by atoms with Crippen molar-refractivity contribution in [2.75, 3.05) is 13.2 Å². The van der Waals surface area contributed by atoms with E-state index in [0.29, 0.717) is 51.4 Å². The predicted octanol–water partition coefficient (Wildman–Crippen LogP) is 22.0. The third-order valence-corrected chi connectivity index (χ3v) is 24.6. The molecule has 25 heteroatoms. The number of aliphatic hydroxyl groups excluding tert-OH is 4. The summed E-state index contributed by atoms with van der Waals surface area (Å²) in [6.07, 6.45) is 46.3. The quantitative estimate of drug-likeness (QED) is 0.0121. The van der Waals surface area contributed by atoms with Crippen molar-refractivity contribution in [2.45, 2.75) is 564 Å². The van der Waals surface area contributed by atoms with E-state index in [1.54, 1.807) is 0 Å². The first-order valence-corrected chi connectivity index (χ1v) is 51.4. The van der Waals surface area contributed by atoms with Crippen molar-refractivity contribution in [3.8, 4) is 0 Å². The van der Waals surface area contributed by atoms with E-state index < -0.39 is 149 Å². The van der Waals surface area contributed by atoms with Crippen molar-refractivity contribution in [3.05, 3.63) is 0 Å². The number of hydrogen-bond acceptors (Lipinski definition) is 20. The molecule has 0 aliphatic carbocycles. The number of aliphatic hydroxyl groups is 4. The van der Waals surface area contributed by atoms with Gasteiger partial charge in [0.15, 0.2) is 18.7 Å². The van der Waals surface area contributed by atoms with E-state index in [0.717, 1.165) is 173 Å². The minimum atomic E-state index is -5.83. The van der Waals surface area contributed by atoms with Gasteiger partial charge in [0.25, 0.3) is 7.82 Å². The van der Waals surface area contributed by atoms with Crippen LogP contribution in [0.1, 0.15) is 485 Å². The van der Waals surface area contributed by atoms with Crippen LogP contribution in [0.4, 0.5) is 0 Å². The second-order valence-electron chi connectivity index (χ2n) is 35.4. The van der Waals surface area contributed by atoms with E-state index >= 15 is 0 Å². The Hall–Kier alpha value is -3.39. The first-order valence-electron chi connectivity index (χ1n) is 49.9. The van der Waals surface area contributed by atoms with Crippen molar-refractivity contribution in [3.63, 3.8) is 0 Å². The van der Waals surface area contributed by atoms with Gasteiger partial charge in [-0.1, -0.05) is 388 Å². The van der Waals surface area contributed by atoms with Crippen molar-refractivity contribution in [1.29, 1.82) is 0 Å². The lowest BCUT2D eigenvalue weighted by molar-refractivity contribution is -0.304. The van der Waals surface area contributed by atoms with Gasteiger partial charge < -0.3 is 84.7 Å². The zero-order valence-corrected chi connectivity index (χ0v) is 78.8. The van der Waals surface area contributed by atoms with Crippen molar-refractivity contribution in [1.82, 2.24) is 16.8 Å². The number of nitrogens with one attached hydrogen (secondary N) is 2. The zero-order valence-electron chi connectivity index (χ0n) is 77.9. The molecule has 2 heterocycles. The molecule has 0 spiro atoms. The third kappa shape index (κ3) is 62.5. The predicted molar refractivity (Wildman–Crippen MR) is 481 cm³/mol. The Kier molecular flexibility index (Phi) is 75.3. The van der Waals surface area contributed by atoms with Crippen molar-refractivity contribution in [2.24, 2.45) is 0 Å². The Morgan fingerprint density at radius 1 is 0.355 bits per heavy atom. The van der Waals surface area contributed by atoms with Crippen LogP contribution in [0.5, 0.6) is 0 Å². The van der Waals surface area contributed by atoms with Gasteiger partial charge in [0.05, 0.1) is 32.5 Å². The smallest absolute Gasteiger partial charge is 0.310 e. The second-order valence-corrected chi connectivity index (χ2v) is 36.6. The summed E-state index contributed by atoms with van der Waals surface area (Å²) in [5.41, 5.74) is 0. The Morgan fingerprint density at radius 3 is 0.917 bits per heavy atom. The van der Waals surface area contributed by atoms with E-state index in [1.807, 2.05) is 0 Å². The average molecular weight is 1750 g/mol. The Bertz CT molecular complexity index is 2520. The van der Waals surface area contributed by atoms with Gasteiger partial charge in [0.1, 0.15) is 60.9 Å². The molecule has 2 saturated heterocycles. The monoisotopic (exact) mass is 1750 g/mol. The molecule has 5 unspecified atom stereocenters. The van der Waals surface area contributed by atoms with Crippen LogP contribution < -0.4 is 21.7 Å². The number of carbonyl (C=O) groups is 6. The van der Waals surface area contributed by atoms with Gasteiger partial charge >= 0.3 is 23.9 Å². The highest BCUT2D eigenvalue weighted by Crippen LogP contribution is 2.40. The van der Waals surface area contributed by atoms with Crippen LogP contribution in [-0.2, 0) is 71.0 Å². The van der Waals surface area contributed by atoms with Gasteiger partial charge in [0, 0.05) is 19.3 Å². The van der Waals surface area contributed by atoms with E-state index in [-0.39, 0.29) is 38.3 Å². The van der Waals surface area contributed by atoms with E-state index in [4.69, 9.17) is 37.7 Å². The molecule has 0 bridgehead atoms. The lowest BCUT2D eigenvalue weighted by Crippen LogP contribution is -2.67. The first-order chi connectivity index (χ1) is 58.2. The number of phosphoric ester groups is 1. The van der Waals surface area contributed by atoms with Crippen LogP contribution in [0.15, 0.2) is 0 Å². The Labute approximate surface area is 735 Å².